The molecule has 4 aromatic rings. The number of piperidine rings is 1. The Labute approximate surface area is 236 Å². The van der Waals surface area contributed by atoms with E-state index in [1.807, 2.05) is 24.3 Å². The summed E-state index contributed by atoms with van der Waals surface area (Å²) in [7, 11) is -3.55. The van der Waals surface area contributed by atoms with Crippen LogP contribution < -0.4 is 9.47 Å². The lowest BCUT2D eigenvalue weighted by atomic mass is 10.0. The molecule has 1 fully saturated rings. The van der Waals surface area contributed by atoms with Crippen molar-refractivity contribution >= 4 is 27.5 Å². The van der Waals surface area contributed by atoms with Gasteiger partial charge in [0.2, 0.25) is 11.8 Å². The van der Waals surface area contributed by atoms with Gasteiger partial charge in [-0.2, -0.15) is 0 Å². The molecule has 0 radical (unpaired) electrons. The molecule has 2 aromatic carbocycles. The summed E-state index contributed by atoms with van der Waals surface area (Å²) >= 11 is 1.63. The second-order valence-corrected chi connectivity index (χ2v) is 12.7. The van der Waals surface area contributed by atoms with Crippen LogP contribution in [0.2, 0.25) is 0 Å². The molecule has 0 spiro atoms. The number of carbonyl (C=O) groups is 1. The topological polar surface area (TPSA) is 98.7 Å². The first-order valence-electron chi connectivity index (χ1n) is 12.7. The number of hydrogen-bond donors (Lipinski definition) is 0. The molecule has 1 aliphatic rings. The van der Waals surface area contributed by atoms with E-state index >= 15 is 0 Å². The van der Waals surface area contributed by atoms with Crippen molar-refractivity contribution in [3.63, 3.8) is 0 Å². The number of benzene rings is 2. The largest absolute Gasteiger partial charge is 0.474 e. The molecule has 208 valence electrons. The number of aldehydes is 1. The standard InChI is InChI=1S/C29H28FN3O5S2/c1-19-28(31-18-32-29(19)38-25-9-8-22(16-23(25)30)40(2,35)36)37-21-12-14-33(15-13-21)24(17-34)27-11-10-26(39-27)20-6-4-3-5-7-20/h3-11,16-18,21,24H,12-15H2,1-2H3. The summed E-state index contributed by atoms with van der Waals surface area (Å²) in [6.45, 7) is 3.07. The van der Waals surface area contributed by atoms with E-state index < -0.39 is 15.7 Å². The number of thiophene rings is 1. The number of ether oxygens (including phenoxy) is 2. The highest BCUT2D eigenvalue weighted by Crippen LogP contribution is 2.35. The van der Waals surface area contributed by atoms with Crippen LogP contribution in [0.4, 0.5) is 4.39 Å². The van der Waals surface area contributed by atoms with Crippen LogP contribution in [0, 0.1) is 12.7 Å². The summed E-state index contributed by atoms with van der Waals surface area (Å²) in [6.07, 6.45) is 4.55. The van der Waals surface area contributed by atoms with Crippen LogP contribution in [0.25, 0.3) is 10.4 Å². The maximum atomic E-state index is 14.5. The van der Waals surface area contributed by atoms with Gasteiger partial charge in [0.15, 0.2) is 21.4 Å². The van der Waals surface area contributed by atoms with Crippen molar-refractivity contribution in [1.82, 2.24) is 14.9 Å². The van der Waals surface area contributed by atoms with Crippen LogP contribution in [0.1, 0.15) is 29.3 Å². The Hall–Kier alpha value is -3.67. The minimum Gasteiger partial charge on any atom is -0.474 e. The zero-order valence-corrected chi connectivity index (χ0v) is 23.6. The molecule has 3 heterocycles. The van der Waals surface area contributed by atoms with E-state index in [4.69, 9.17) is 9.47 Å². The number of rotatable bonds is 9. The number of nitrogens with zero attached hydrogens (tertiary/aromatic N) is 3. The zero-order chi connectivity index (χ0) is 28.3. The third kappa shape index (κ3) is 6.22. The molecule has 8 nitrogen and oxygen atoms in total. The van der Waals surface area contributed by atoms with Crippen molar-refractivity contribution in [2.75, 3.05) is 19.3 Å². The Balaban J connectivity index is 1.22. The first-order chi connectivity index (χ1) is 19.2. The van der Waals surface area contributed by atoms with E-state index in [0.29, 0.717) is 37.4 Å². The number of hydrogen-bond acceptors (Lipinski definition) is 9. The summed E-state index contributed by atoms with van der Waals surface area (Å²) in [5, 5.41) is 0. The number of carbonyl (C=O) groups excluding carboxylic acids is 1. The molecule has 0 saturated carbocycles. The lowest BCUT2D eigenvalue weighted by Gasteiger charge is -2.34. The summed E-state index contributed by atoms with van der Waals surface area (Å²) in [5.41, 5.74) is 1.63. The van der Waals surface area contributed by atoms with Gasteiger partial charge in [-0.25, -0.2) is 22.8 Å². The highest BCUT2D eigenvalue weighted by atomic mass is 32.2. The second-order valence-electron chi connectivity index (χ2n) is 9.58. The first-order valence-corrected chi connectivity index (χ1v) is 15.4. The highest BCUT2D eigenvalue weighted by molar-refractivity contribution is 7.90. The van der Waals surface area contributed by atoms with Crippen molar-refractivity contribution in [1.29, 1.82) is 0 Å². The van der Waals surface area contributed by atoms with Gasteiger partial charge in [-0.05, 0) is 55.7 Å². The molecule has 5 rings (SSSR count). The van der Waals surface area contributed by atoms with E-state index in [0.717, 1.165) is 33.9 Å². The molecule has 1 aliphatic heterocycles. The molecular weight excluding hydrogens is 553 g/mol. The molecule has 1 atom stereocenters. The normalized spacial score (nSPS) is 15.5. The summed E-state index contributed by atoms with van der Waals surface area (Å²) < 4.78 is 49.7. The lowest BCUT2D eigenvalue weighted by molar-refractivity contribution is -0.113. The van der Waals surface area contributed by atoms with E-state index in [1.165, 1.54) is 18.5 Å². The Morgan fingerprint density at radius 2 is 1.77 bits per heavy atom. The minimum atomic E-state index is -3.55. The number of halogens is 1. The number of likely N-dealkylation sites (tertiary alicyclic amines) is 1. The first kappa shape index (κ1) is 27.9. The Kier molecular flexibility index (Phi) is 8.24. The minimum absolute atomic E-state index is 0.112. The molecule has 1 saturated heterocycles. The van der Waals surface area contributed by atoms with Crippen LogP contribution in [-0.4, -0.2) is 55.0 Å². The summed E-state index contributed by atoms with van der Waals surface area (Å²) in [4.78, 5) is 24.6. The molecule has 0 bridgehead atoms. The molecular formula is C29H28FN3O5S2. The SMILES string of the molecule is Cc1c(Oc2ccc(S(C)(=O)=O)cc2F)ncnc1OC1CCN(C(C=O)c2ccc(-c3ccccc3)s2)CC1. The second kappa shape index (κ2) is 11.8. The number of aromatic nitrogens is 2. The molecule has 0 N–H and O–H groups in total. The Morgan fingerprint density at radius 1 is 1.05 bits per heavy atom. The fourth-order valence-corrected chi connectivity index (χ4v) is 6.31. The Morgan fingerprint density at radius 3 is 2.45 bits per heavy atom. The van der Waals surface area contributed by atoms with Gasteiger partial charge in [0.1, 0.15) is 24.8 Å². The molecule has 11 heteroatoms. The van der Waals surface area contributed by atoms with E-state index in [2.05, 4.69) is 33.1 Å². The van der Waals surface area contributed by atoms with Gasteiger partial charge in [-0.3, -0.25) is 4.90 Å². The smallest absolute Gasteiger partial charge is 0.229 e. The van der Waals surface area contributed by atoms with E-state index in [1.54, 1.807) is 18.3 Å². The van der Waals surface area contributed by atoms with Gasteiger partial charge in [0.25, 0.3) is 0 Å². The van der Waals surface area contributed by atoms with Gasteiger partial charge in [0.05, 0.1) is 10.5 Å². The van der Waals surface area contributed by atoms with Crippen molar-refractivity contribution in [3.8, 4) is 28.0 Å². The predicted molar refractivity (Wildman–Crippen MR) is 150 cm³/mol. The maximum Gasteiger partial charge on any atom is 0.229 e. The maximum absolute atomic E-state index is 14.5. The average molecular weight is 582 g/mol. The third-order valence-electron chi connectivity index (χ3n) is 6.78. The highest BCUT2D eigenvalue weighted by Gasteiger charge is 2.29. The van der Waals surface area contributed by atoms with Crippen LogP contribution >= 0.6 is 11.3 Å². The van der Waals surface area contributed by atoms with Crippen molar-refractivity contribution < 1.29 is 27.1 Å². The lowest BCUT2D eigenvalue weighted by Crippen LogP contribution is -2.40. The monoisotopic (exact) mass is 581 g/mol. The van der Waals surface area contributed by atoms with Gasteiger partial charge in [0, 0.05) is 29.1 Å². The summed E-state index contributed by atoms with van der Waals surface area (Å²) in [6, 6.07) is 17.3. The van der Waals surface area contributed by atoms with Crippen LogP contribution in [-0.2, 0) is 14.6 Å². The van der Waals surface area contributed by atoms with E-state index in [9.17, 15) is 17.6 Å². The summed E-state index contributed by atoms with van der Waals surface area (Å²) in [5.74, 6) is -0.532. The molecule has 1 unspecified atom stereocenters. The zero-order valence-electron chi connectivity index (χ0n) is 22.0. The predicted octanol–water partition coefficient (Wildman–Crippen LogP) is 5.63. The third-order valence-corrected chi connectivity index (χ3v) is 9.10. The Bertz CT molecular complexity index is 1600. The molecule has 0 aliphatic carbocycles. The molecule has 40 heavy (non-hydrogen) atoms. The molecule has 0 amide bonds. The van der Waals surface area contributed by atoms with Gasteiger partial charge in [-0.15, -0.1) is 11.3 Å². The van der Waals surface area contributed by atoms with Crippen LogP contribution in [0.15, 0.2) is 71.9 Å². The fourth-order valence-electron chi connectivity index (χ4n) is 4.57. The van der Waals surface area contributed by atoms with Crippen molar-refractivity contribution in [2.45, 2.75) is 36.8 Å². The molecule has 2 aromatic heterocycles. The van der Waals surface area contributed by atoms with Crippen molar-refractivity contribution in [2.24, 2.45) is 0 Å². The van der Waals surface area contributed by atoms with Crippen LogP contribution in [0.5, 0.6) is 17.5 Å². The van der Waals surface area contributed by atoms with Crippen molar-refractivity contribution in [3.05, 3.63) is 83.2 Å². The van der Waals surface area contributed by atoms with Gasteiger partial charge in [-0.1, -0.05) is 30.3 Å². The van der Waals surface area contributed by atoms with E-state index in [-0.39, 0.29) is 28.7 Å². The van der Waals surface area contributed by atoms with Gasteiger partial charge < -0.3 is 14.3 Å². The van der Waals surface area contributed by atoms with Gasteiger partial charge >= 0.3 is 0 Å². The quantitative estimate of drug-likeness (QED) is 0.235. The van der Waals surface area contributed by atoms with Crippen LogP contribution in [0.3, 0.4) is 0 Å². The number of sulfone groups is 1. The fraction of sp³-hybridized carbons (Fsp3) is 0.276. The average Bonchev–Trinajstić information content (AvgIpc) is 3.43.